The van der Waals surface area contributed by atoms with Gasteiger partial charge in [0.25, 0.3) is 0 Å². The zero-order valence-corrected chi connectivity index (χ0v) is 13.2. The standard InChI is InChI=1S/C15H33NO/c1-13(2,3)12-15(7,14(4,5)6)17-11-9-10-16-8/h16H,9-12H2,1-8H3. The Morgan fingerprint density at radius 3 is 1.82 bits per heavy atom. The third kappa shape index (κ3) is 6.42. The normalized spacial score (nSPS) is 16.9. The molecule has 0 aromatic heterocycles. The lowest BCUT2D eigenvalue weighted by atomic mass is 9.69. The highest BCUT2D eigenvalue weighted by molar-refractivity contribution is 4.91. The third-order valence-corrected chi connectivity index (χ3v) is 3.45. The first-order valence-electron chi connectivity index (χ1n) is 6.80. The first kappa shape index (κ1) is 16.9. The van der Waals surface area contributed by atoms with Gasteiger partial charge >= 0.3 is 0 Å². The highest BCUT2D eigenvalue weighted by Gasteiger charge is 2.41. The fraction of sp³-hybridized carbons (Fsp3) is 1.00. The van der Waals surface area contributed by atoms with Crippen molar-refractivity contribution in [1.29, 1.82) is 0 Å². The fourth-order valence-electron chi connectivity index (χ4n) is 2.09. The SMILES string of the molecule is CNCCCOC(C)(CC(C)(C)C)C(C)(C)C. The largest absolute Gasteiger partial charge is 0.375 e. The van der Waals surface area contributed by atoms with Gasteiger partial charge < -0.3 is 10.1 Å². The summed E-state index contributed by atoms with van der Waals surface area (Å²) in [6.07, 6.45) is 2.16. The lowest BCUT2D eigenvalue weighted by molar-refractivity contribution is -0.125. The lowest BCUT2D eigenvalue weighted by Gasteiger charge is -2.45. The molecule has 104 valence electrons. The van der Waals surface area contributed by atoms with Gasteiger partial charge in [-0.1, -0.05) is 41.5 Å². The van der Waals surface area contributed by atoms with Crippen LogP contribution in [0.15, 0.2) is 0 Å². The van der Waals surface area contributed by atoms with Gasteiger partial charge in [-0.15, -0.1) is 0 Å². The highest BCUT2D eigenvalue weighted by Crippen LogP contribution is 2.42. The van der Waals surface area contributed by atoms with Crippen molar-refractivity contribution in [2.45, 2.75) is 66.9 Å². The van der Waals surface area contributed by atoms with E-state index in [1.807, 2.05) is 7.05 Å². The second-order valence-corrected chi connectivity index (χ2v) is 7.52. The molecule has 0 spiro atoms. The summed E-state index contributed by atoms with van der Waals surface area (Å²) in [6.45, 7) is 17.8. The van der Waals surface area contributed by atoms with Crippen molar-refractivity contribution >= 4 is 0 Å². The maximum Gasteiger partial charge on any atom is 0.0707 e. The zero-order chi connectivity index (χ0) is 13.7. The maximum atomic E-state index is 6.23. The van der Waals surface area contributed by atoms with E-state index in [4.69, 9.17) is 4.74 Å². The molecule has 0 aliphatic heterocycles. The minimum atomic E-state index is -0.0566. The van der Waals surface area contributed by atoms with E-state index < -0.39 is 0 Å². The van der Waals surface area contributed by atoms with Gasteiger partial charge in [0.2, 0.25) is 0 Å². The van der Waals surface area contributed by atoms with Crippen molar-refractivity contribution in [3.63, 3.8) is 0 Å². The Hall–Kier alpha value is -0.0800. The summed E-state index contributed by atoms with van der Waals surface area (Å²) < 4.78 is 6.23. The summed E-state index contributed by atoms with van der Waals surface area (Å²) in [5.74, 6) is 0. The van der Waals surface area contributed by atoms with Crippen molar-refractivity contribution < 1.29 is 4.74 Å². The molecule has 0 aromatic rings. The van der Waals surface area contributed by atoms with Crippen LogP contribution in [-0.2, 0) is 4.74 Å². The molecule has 0 aliphatic rings. The Kier molecular flexibility index (Phi) is 6.16. The van der Waals surface area contributed by atoms with E-state index in [2.05, 4.69) is 53.8 Å². The maximum absolute atomic E-state index is 6.23. The topological polar surface area (TPSA) is 21.3 Å². The first-order valence-corrected chi connectivity index (χ1v) is 6.80. The molecule has 1 atom stereocenters. The molecule has 1 unspecified atom stereocenters. The van der Waals surface area contributed by atoms with Crippen molar-refractivity contribution in [1.82, 2.24) is 5.32 Å². The van der Waals surface area contributed by atoms with Crippen LogP contribution >= 0.6 is 0 Å². The molecule has 0 rings (SSSR count). The smallest absolute Gasteiger partial charge is 0.0707 e. The van der Waals surface area contributed by atoms with E-state index >= 15 is 0 Å². The molecule has 0 radical (unpaired) electrons. The van der Waals surface area contributed by atoms with Crippen molar-refractivity contribution in [2.75, 3.05) is 20.2 Å². The number of hydrogen-bond acceptors (Lipinski definition) is 2. The van der Waals surface area contributed by atoms with Crippen LogP contribution in [0.4, 0.5) is 0 Å². The predicted octanol–water partition coefficient (Wildman–Crippen LogP) is 3.85. The molecule has 1 N–H and O–H groups in total. The molecule has 2 heteroatoms. The van der Waals surface area contributed by atoms with Crippen LogP contribution in [0.3, 0.4) is 0 Å². The monoisotopic (exact) mass is 243 g/mol. The summed E-state index contributed by atoms with van der Waals surface area (Å²) in [7, 11) is 1.98. The first-order chi connectivity index (χ1) is 7.52. The Bertz CT molecular complexity index is 212. The van der Waals surface area contributed by atoms with E-state index in [9.17, 15) is 0 Å². The number of hydrogen-bond donors (Lipinski definition) is 1. The highest BCUT2D eigenvalue weighted by atomic mass is 16.5. The lowest BCUT2D eigenvalue weighted by Crippen LogP contribution is -2.45. The van der Waals surface area contributed by atoms with Crippen LogP contribution in [0.2, 0.25) is 0 Å². The molecule has 0 aromatic carbocycles. The molecule has 0 heterocycles. The van der Waals surface area contributed by atoms with Gasteiger partial charge in [-0.25, -0.2) is 0 Å². The van der Waals surface area contributed by atoms with E-state index in [0.717, 1.165) is 26.0 Å². The van der Waals surface area contributed by atoms with E-state index in [1.165, 1.54) is 0 Å². The van der Waals surface area contributed by atoms with Crippen molar-refractivity contribution in [3.05, 3.63) is 0 Å². The number of nitrogens with one attached hydrogen (secondary N) is 1. The van der Waals surface area contributed by atoms with Crippen LogP contribution in [-0.4, -0.2) is 25.8 Å². The predicted molar refractivity (Wildman–Crippen MR) is 76.4 cm³/mol. The second-order valence-electron chi connectivity index (χ2n) is 7.52. The second kappa shape index (κ2) is 6.19. The van der Waals surface area contributed by atoms with E-state index in [0.29, 0.717) is 5.41 Å². The summed E-state index contributed by atoms with van der Waals surface area (Å²) in [5, 5.41) is 3.16. The van der Waals surface area contributed by atoms with Gasteiger partial charge in [-0.3, -0.25) is 0 Å². The number of rotatable bonds is 6. The van der Waals surface area contributed by atoms with E-state index in [1.54, 1.807) is 0 Å². The Balaban J connectivity index is 4.53. The molecule has 0 aliphatic carbocycles. The molecule has 2 nitrogen and oxygen atoms in total. The molecule has 0 bridgehead atoms. The third-order valence-electron chi connectivity index (χ3n) is 3.45. The minimum Gasteiger partial charge on any atom is -0.375 e. The Labute approximate surface area is 109 Å². The molecular weight excluding hydrogens is 210 g/mol. The Morgan fingerprint density at radius 2 is 1.47 bits per heavy atom. The fourth-order valence-corrected chi connectivity index (χ4v) is 2.09. The van der Waals surface area contributed by atoms with Gasteiger partial charge in [0.1, 0.15) is 0 Å². The summed E-state index contributed by atoms with van der Waals surface area (Å²) >= 11 is 0. The van der Waals surface area contributed by atoms with Gasteiger partial charge in [0, 0.05) is 6.61 Å². The minimum absolute atomic E-state index is 0.0566. The zero-order valence-electron chi connectivity index (χ0n) is 13.2. The van der Waals surface area contributed by atoms with Crippen LogP contribution in [0, 0.1) is 10.8 Å². The van der Waals surface area contributed by atoms with E-state index in [-0.39, 0.29) is 11.0 Å². The van der Waals surface area contributed by atoms with Crippen molar-refractivity contribution in [2.24, 2.45) is 10.8 Å². The molecule has 0 fully saturated rings. The molecule has 17 heavy (non-hydrogen) atoms. The Morgan fingerprint density at radius 1 is 0.941 bits per heavy atom. The average Bonchev–Trinajstić information content (AvgIpc) is 2.08. The number of ether oxygens (including phenoxy) is 1. The average molecular weight is 243 g/mol. The van der Waals surface area contributed by atoms with Crippen LogP contribution < -0.4 is 5.32 Å². The van der Waals surface area contributed by atoms with Crippen LogP contribution in [0.25, 0.3) is 0 Å². The summed E-state index contributed by atoms with van der Waals surface area (Å²) in [5.41, 5.74) is 0.407. The van der Waals surface area contributed by atoms with Crippen LogP contribution in [0.1, 0.15) is 61.3 Å². The van der Waals surface area contributed by atoms with Crippen LogP contribution in [0.5, 0.6) is 0 Å². The van der Waals surface area contributed by atoms with Gasteiger partial charge in [-0.05, 0) is 44.2 Å². The molecule has 0 saturated heterocycles. The molecule has 0 amide bonds. The molecule has 0 saturated carbocycles. The quantitative estimate of drug-likeness (QED) is 0.715. The van der Waals surface area contributed by atoms with Gasteiger partial charge in [0.15, 0.2) is 0 Å². The van der Waals surface area contributed by atoms with Crippen molar-refractivity contribution in [3.8, 4) is 0 Å². The summed E-state index contributed by atoms with van der Waals surface area (Å²) in [4.78, 5) is 0. The van der Waals surface area contributed by atoms with Gasteiger partial charge in [0.05, 0.1) is 5.60 Å². The summed E-state index contributed by atoms with van der Waals surface area (Å²) in [6, 6.07) is 0. The van der Waals surface area contributed by atoms with Gasteiger partial charge in [-0.2, -0.15) is 0 Å². The molecular formula is C15H33NO.